The van der Waals surface area contributed by atoms with E-state index < -0.39 is 0 Å². The predicted molar refractivity (Wildman–Crippen MR) is 94.9 cm³/mol. The van der Waals surface area contributed by atoms with Crippen molar-refractivity contribution in [1.82, 2.24) is 4.90 Å². The van der Waals surface area contributed by atoms with Crippen LogP contribution in [0.4, 0.5) is 0 Å². The van der Waals surface area contributed by atoms with E-state index in [9.17, 15) is 0 Å². The van der Waals surface area contributed by atoms with E-state index in [4.69, 9.17) is 0 Å². The van der Waals surface area contributed by atoms with E-state index in [1.807, 2.05) is 0 Å². The first-order valence-corrected chi connectivity index (χ1v) is 8.32. The number of nitrogens with zero attached hydrogens (tertiary/aromatic N) is 1. The third-order valence-corrected chi connectivity index (χ3v) is 4.39. The summed E-state index contributed by atoms with van der Waals surface area (Å²) in [5.41, 5.74) is 5.86. The van der Waals surface area contributed by atoms with Crippen molar-refractivity contribution in [2.75, 3.05) is 13.6 Å². The number of rotatable bonds is 5. The molecule has 0 radical (unpaired) electrons. The first-order valence-electron chi connectivity index (χ1n) is 8.32. The molecule has 114 valence electrons. The minimum absolute atomic E-state index is 0.978. The fourth-order valence-corrected chi connectivity index (χ4v) is 3.19. The Morgan fingerprint density at radius 3 is 2.55 bits per heavy atom. The van der Waals surface area contributed by atoms with E-state index in [1.165, 1.54) is 36.8 Å². The van der Waals surface area contributed by atoms with E-state index in [0.29, 0.717) is 0 Å². The van der Waals surface area contributed by atoms with E-state index in [1.54, 1.807) is 11.1 Å². The third kappa shape index (κ3) is 4.08. The molecule has 0 fully saturated rings. The van der Waals surface area contributed by atoms with Gasteiger partial charge in [-0.2, -0.15) is 0 Å². The van der Waals surface area contributed by atoms with E-state index in [2.05, 4.69) is 72.6 Å². The van der Waals surface area contributed by atoms with Crippen molar-refractivity contribution < 1.29 is 0 Å². The summed E-state index contributed by atoms with van der Waals surface area (Å²) in [6, 6.07) is 17.6. The van der Waals surface area contributed by atoms with Crippen LogP contribution in [0.1, 0.15) is 35.1 Å². The molecule has 0 saturated carbocycles. The summed E-state index contributed by atoms with van der Waals surface area (Å²) in [6.07, 6.45) is 9.69. The molecule has 0 aromatic heterocycles. The van der Waals surface area contributed by atoms with Gasteiger partial charge in [0.15, 0.2) is 0 Å². The van der Waals surface area contributed by atoms with Gasteiger partial charge in [0.2, 0.25) is 0 Å². The fourth-order valence-electron chi connectivity index (χ4n) is 3.19. The number of likely N-dealkylation sites (N-methyl/N-ethyl adjacent to an activating group) is 1. The summed E-state index contributed by atoms with van der Waals surface area (Å²) >= 11 is 0. The molecule has 0 N–H and O–H groups in total. The SMILES string of the molecule is CN(CC=Cc1ccccc1)Cc1ccc2c(c1)CCCC2. The Morgan fingerprint density at radius 1 is 0.955 bits per heavy atom. The normalized spacial score (nSPS) is 14.5. The van der Waals surface area contributed by atoms with Gasteiger partial charge in [0.05, 0.1) is 0 Å². The zero-order valence-corrected chi connectivity index (χ0v) is 13.5. The van der Waals surface area contributed by atoms with Crippen molar-refractivity contribution in [3.63, 3.8) is 0 Å². The molecule has 1 aliphatic rings. The van der Waals surface area contributed by atoms with Gasteiger partial charge in [0, 0.05) is 13.1 Å². The van der Waals surface area contributed by atoms with Crippen molar-refractivity contribution in [2.45, 2.75) is 32.2 Å². The van der Waals surface area contributed by atoms with Gasteiger partial charge < -0.3 is 0 Å². The van der Waals surface area contributed by atoms with Crippen LogP contribution in [-0.4, -0.2) is 18.5 Å². The lowest BCUT2D eigenvalue weighted by molar-refractivity contribution is 0.363. The summed E-state index contributed by atoms with van der Waals surface area (Å²) in [7, 11) is 2.19. The van der Waals surface area contributed by atoms with Gasteiger partial charge in [-0.25, -0.2) is 0 Å². The second-order valence-corrected chi connectivity index (χ2v) is 6.32. The van der Waals surface area contributed by atoms with Gasteiger partial charge >= 0.3 is 0 Å². The van der Waals surface area contributed by atoms with Crippen LogP contribution in [0.15, 0.2) is 54.6 Å². The summed E-state index contributed by atoms with van der Waals surface area (Å²) in [6.45, 7) is 2.00. The highest BCUT2D eigenvalue weighted by Gasteiger charge is 2.09. The second kappa shape index (κ2) is 7.42. The molecular weight excluding hydrogens is 266 g/mol. The third-order valence-electron chi connectivity index (χ3n) is 4.39. The lowest BCUT2D eigenvalue weighted by atomic mass is 9.90. The molecule has 1 aliphatic carbocycles. The molecule has 0 aliphatic heterocycles. The van der Waals surface area contributed by atoms with Crippen LogP contribution in [0.25, 0.3) is 6.08 Å². The quantitative estimate of drug-likeness (QED) is 0.771. The molecule has 0 bridgehead atoms. The van der Waals surface area contributed by atoms with E-state index in [-0.39, 0.29) is 0 Å². The van der Waals surface area contributed by atoms with Crippen LogP contribution in [0.2, 0.25) is 0 Å². The molecule has 2 aromatic rings. The van der Waals surface area contributed by atoms with Crippen molar-refractivity contribution in [3.05, 3.63) is 76.9 Å². The largest absolute Gasteiger partial charge is 0.298 e. The second-order valence-electron chi connectivity index (χ2n) is 6.32. The molecule has 0 amide bonds. The average Bonchev–Trinajstić information content (AvgIpc) is 2.56. The van der Waals surface area contributed by atoms with Gasteiger partial charge in [-0.05, 0) is 55.0 Å². The zero-order chi connectivity index (χ0) is 15.2. The Labute approximate surface area is 134 Å². The lowest BCUT2D eigenvalue weighted by Crippen LogP contribution is -2.18. The van der Waals surface area contributed by atoms with Gasteiger partial charge in [0.1, 0.15) is 0 Å². The van der Waals surface area contributed by atoms with Crippen molar-refractivity contribution >= 4 is 6.08 Å². The number of aryl methyl sites for hydroxylation is 2. The van der Waals surface area contributed by atoms with Gasteiger partial charge in [-0.1, -0.05) is 60.7 Å². The first-order chi connectivity index (χ1) is 10.8. The molecule has 0 spiro atoms. The molecule has 0 atom stereocenters. The molecule has 2 aromatic carbocycles. The first kappa shape index (κ1) is 15.1. The zero-order valence-electron chi connectivity index (χ0n) is 13.5. The van der Waals surface area contributed by atoms with Crippen molar-refractivity contribution in [3.8, 4) is 0 Å². The highest BCUT2D eigenvalue weighted by molar-refractivity contribution is 5.48. The summed E-state index contributed by atoms with van der Waals surface area (Å²) in [5.74, 6) is 0. The summed E-state index contributed by atoms with van der Waals surface area (Å²) in [5, 5.41) is 0. The van der Waals surface area contributed by atoms with Crippen LogP contribution >= 0.6 is 0 Å². The Kier molecular flexibility index (Phi) is 5.07. The van der Waals surface area contributed by atoms with Crippen LogP contribution in [0.5, 0.6) is 0 Å². The standard InChI is InChI=1S/C21H25N/c1-22(15-7-10-18-8-3-2-4-9-18)17-19-13-14-20-11-5-6-12-21(20)16-19/h2-4,7-10,13-14,16H,5-6,11-12,15,17H2,1H3. The summed E-state index contributed by atoms with van der Waals surface area (Å²) in [4.78, 5) is 2.37. The maximum Gasteiger partial charge on any atom is 0.0234 e. The number of benzene rings is 2. The molecule has 0 unspecified atom stereocenters. The molecule has 0 heterocycles. The van der Waals surface area contributed by atoms with E-state index in [0.717, 1.165) is 13.1 Å². The van der Waals surface area contributed by atoms with Gasteiger partial charge in [-0.15, -0.1) is 0 Å². The molecule has 1 heteroatoms. The number of hydrogen-bond donors (Lipinski definition) is 0. The molecule has 22 heavy (non-hydrogen) atoms. The summed E-state index contributed by atoms with van der Waals surface area (Å²) < 4.78 is 0. The molecule has 0 saturated heterocycles. The average molecular weight is 291 g/mol. The van der Waals surface area contributed by atoms with Crippen LogP contribution < -0.4 is 0 Å². The minimum atomic E-state index is 0.978. The smallest absolute Gasteiger partial charge is 0.0234 e. The Balaban J connectivity index is 1.55. The van der Waals surface area contributed by atoms with Crippen molar-refractivity contribution in [1.29, 1.82) is 0 Å². The Morgan fingerprint density at radius 2 is 1.73 bits per heavy atom. The monoisotopic (exact) mass is 291 g/mol. The predicted octanol–water partition coefficient (Wildman–Crippen LogP) is 4.71. The van der Waals surface area contributed by atoms with E-state index >= 15 is 0 Å². The Bertz CT molecular complexity index is 628. The molecular formula is C21H25N. The van der Waals surface area contributed by atoms with Gasteiger partial charge in [0.25, 0.3) is 0 Å². The van der Waals surface area contributed by atoms with Crippen LogP contribution in [-0.2, 0) is 19.4 Å². The number of hydrogen-bond acceptors (Lipinski definition) is 1. The van der Waals surface area contributed by atoms with Crippen LogP contribution in [0, 0.1) is 0 Å². The number of fused-ring (bicyclic) bond motifs is 1. The fraction of sp³-hybridized carbons (Fsp3) is 0.333. The van der Waals surface area contributed by atoms with Gasteiger partial charge in [-0.3, -0.25) is 4.90 Å². The topological polar surface area (TPSA) is 3.24 Å². The highest BCUT2D eigenvalue weighted by atomic mass is 15.1. The minimum Gasteiger partial charge on any atom is -0.298 e. The maximum atomic E-state index is 2.42. The van der Waals surface area contributed by atoms with Crippen LogP contribution in [0.3, 0.4) is 0 Å². The van der Waals surface area contributed by atoms with Crippen molar-refractivity contribution in [2.24, 2.45) is 0 Å². The maximum absolute atomic E-state index is 2.42. The lowest BCUT2D eigenvalue weighted by Gasteiger charge is -2.19. The molecule has 1 nitrogen and oxygen atoms in total. The Hall–Kier alpha value is -1.86. The molecule has 3 rings (SSSR count). The highest BCUT2D eigenvalue weighted by Crippen LogP contribution is 2.22.